The van der Waals surface area contributed by atoms with Crippen LogP contribution in [-0.4, -0.2) is 33.1 Å². The topological polar surface area (TPSA) is 102 Å². The summed E-state index contributed by atoms with van der Waals surface area (Å²) in [6, 6.07) is 20.4. The fourth-order valence-electron chi connectivity index (χ4n) is 3.98. The first-order valence-corrected chi connectivity index (χ1v) is 13.6. The Morgan fingerprint density at radius 3 is 2.31 bits per heavy atom. The van der Waals surface area contributed by atoms with E-state index in [-0.39, 0.29) is 38.8 Å². The molecule has 192 valence electrons. The Hall–Kier alpha value is -3.65. The normalized spacial score (nSPS) is 14.1. The van der Waals surface area contributed by atoms with Crippen LogP contribution in [0.5, 0.6) is 5.75 Å². The zero-order chi connectivity index (χ0) is 25.7. The molecule has 0 spiro atoms. The molecule has 3 aromatic carbocycles. The van der Waals surface area contributed by atoms with Gasteiger partial charge in [-0.3, -0.25) is 9.59 Å². The minimum Gasteiger partial charge on any atom is -0.496 e. The monoisotopic (exact) mass is 510 g/mol. The number of hydrogen-bond acceptors (Lipinski definition) is 5. The molecule has 1 aliphatic rings. The SMILES string of the molecule is COc1ccccc1[C@H](C)NC(=O)c1ccc(NC(=O)Cc2ccc(S(=O)(=O)CC3CC3)cc2)cc1.[HH].[HH]. The van der Waals surface area contributed by atoms with Crippen LogP contribution in [0.15, 0.2) is 77.7 Å². The van der Waals surface area contributed by atoms with E-state index in [1.165, 1.54) is 0 Å². The minimum absolute atomic E-state index is 0. The van der Waals surface area contributed by atoms with Crippen molar-refractivity contribution in [2.75, 3.05) is 18.2 Å². The maximum atomic E-state index is 12.7. The molecule has 0 aromatic heterocycles. The molecule has 0 bridgehead atoms. The van der Waals surface area contributed by atoms with Gasteiger partial charge in [0.2, 0.25) is 5.91 Å². The number of anilines is 1. The lowest BCUT2D eigenvalue weighted by molar-refractivity contribution is -0.115. The number of methoxy groups -OCH3 is 1. The summed E-state index contributed by atoms with van der Waals surface area (Å²) in [4.78, 5) is 25.5. The van der Waals surface area contributed by atoms with E-state index in [4.69, 9.17) is 4.74 Å². The molecule has 36 heavy (non-hydrogen) atoms. The maximum Gasteiger partial charge on any atom is 0.251 e. The molecule has 4 rings (SSSR count). The highest BCUT2D eigenvalue weighted by Gasteiger charge is 2.29. The second-order valence-electron chi connectivity index (χ2n) is 9.11. The van der Waals surface area contributed by atoms with Gasteiger partial charge in [0.15, 0.2) is 9.84 Å². The summed E-state index contributed by atoms with van der Waals surface area (Å²) < 4.78 is 30.1. The van der Waals surface area contributed by atoms with E-state index in [0.717, 1.165) is 24.0 Å². The Morgan fingerprint density at radius 1 is 1.00 bits per heavy atom. The van der Waals surface area contributed by atoms with Crippen LogP contribution in [0.2, 0.25) is 0 Å². The third-order valence-corrected chi connectivity index (χ3v) is 8.08. The van der Waals surface area contributed by atoms with Gasteiger partial charge in [0.25, 0.3) is 5.91 Å². The van der Waals surface area contributed by atoms with Crippen LogP contribution in [0.4, 0.5) is 5.69 Å². The van der Waals surface area contributed by atoms with Gasteiger partial charge in [-0.25, -0.2) is 8.42 Å². The van der Waals surface area contributed by atoms with E-state index >= 15 is 0 Å². The van der Waals surface area contributed by atoms with Crippen LogP contribution in [-0.2, 0) is 21.1 Å². The van der Waals surface area contributed by atoms with Crippen molar-refractivity contribution < 1.29 is 25.6 Å². The fourth-order valence-corrected chi connectivity index (χ4v) is 5.68. The first kappa shape index (κ1) is 25.4. The molecule has 1 atom stereocenters. The molecule has 3 aromatic rings. The van der Waals surface area contributed by atoms with Crippen molar-refractivity contribution in [2.45, 2.75) is 37.1 Å². The first-order valence-electron chi connectivity index (χ1n) is 11.9. The molecule has 2 N–H and O–H groups in total. The van der Waals surface area contributed by atoms with E-state index in [0.29, 0.717) is 21.9 Å². The van der Waals surface area contributed by atoms with E-state index in [1.54, 1.807) is 55.6 Å². The van der Waals surface area contributed by atoms with Crippen molar-refractivity contribution in [3.63, 3.8) is 0 Å². The summed E-state index contributed by atoms with van der Waals surface area (Å²) in [5.41, 5.74) is 2.64. The van der Waals surface area contributed by atoms with Gasteiger partial charge in [-0.15, -0.1) is 0 Å². The third-order valence-electron chi connectivity index (χ3n) is 6.18. The van der Waals surface area contributed by atoms with E-state index in [9.17, 15) is 18.0 Å². The van der Waals surface area contributed by atoms with Crippen LogP contribution in [0, 0.1) is 5.92 Å². The molecule has 0 heterocycles. The summed E-state index contributed by atoms with van der Waals surface area (Å²) in [5.74, 6) is 0.723. The molecule has 0 radical (unpaired) electrons. The Balaban J connectivity index is 0.00000253. The predicted octanol–water partition coefficient (Wildman–Crippen LogP) is 5.04. The number of para-hydroxylation sites is 1. The number of amides is 2. The van der Waals surface area contributed by atoms with Gasteiger partial charge in [-0.2, -0.15) is 0 Å². The zero-order valence-electron chi connectivity index (χ0n) is 20.4. The molecule has 7 nitrogen and oxygen atoms in total. The second-order valence-corrected chi connectivity index (χ2v) is 11.1. The second kappa shape index (κ2) is 11.0. The van der Waals surface area contributed by atoms with Gasteiger partial charge in [-0.05, 0) is 73.7 Å². The molecule has 0 unspecified atom stereocenters. The van der Waals surface area contributed by atoms with E-state index < -0.39 is 9.84 Å². The van der Waals surface area contributed by atoms with Crippen molar-refractivity contribution in [3.8, 4) is 5.75 Å². The van der Waals surface area contributed by atoms with Crippen molar-refractivity contribution in [1.29, 1.82) is 0 Å². The lowest BCUT2D eigenvalue weighted by Gasteiger charge is -2.17. The smallest absolute Gasteiger partial charge is 0.251 e. The van der Waals surface area contributed by atoms with E-state index in [2.05, 4.69) is 10.6 Å². The molecule has 0 aliphatic heterocycles. The maximum absolute atomic E-state index is 12.7. The zero-order valence-corrected chi connectivity index (χ0v) is 21.2. The standard InChI is InChI=1S/C28H30N2O5S.2H2/c1-19(25-5-3-4-6-26(25)35-2)29-28(32)22-11-13-23(14-12-22)30-27(31)17-20-9-15-24(16-10-20)36(33,34)18-21-7-8-21;;/h3-6,9-16,19,21H,7-8,17-18H2,1-2H3,(H,29,32)(H,30,31);2*1H/t19-;;/m0../s1. The quantitative estimate of drug-likeness (QED) is 0.398. The van der Waals surface area contributed by atoms with Crippen molar-refractivity contribution >= 4 is 27.3 Å². The number of hydrogen-bond donors (Lipinski definition) is 2. The number of carbonyl (C=O) groups excluding carboxylic acids is 2. The number of ether oxygens (including phenoxy) is 1. The summed E-state index contributed by atoms with van der Waals surface area (Å²) >= 11 is 0. The average Bonchev–Trinajstić information content (AvgIpc) is 3.68. The van der Waals surface area contributed by atoms with Crippen LogP contribution >= 0.6 is 0 Å². The predicted molar refractivity (Wildman–Crippen MR) is 143 cm³/mol. The molecule has 1 saturated carbocycles. The number of carbonyl (C=O) groups is 2. The van der Waals surface area contributed by atoms with Crippen molar-refractivity contribution in [2.24, 2.45) is 5.92 Å². The number of sulfone groups is 1. The summed E-state index contributed by atoms with van der Waals surface area (Å²) in [6.45, 7) is 1.89. The van der Waals surface area contributed by atoms with Gasteiger partial charge in [0, 0.05) is 19.7 Å². The van der Waals surface area contributed by atoms with Gasteiger partial charge in [0.1, 0.15) is 5.75 Å². The van der Waals surface area contributed by atoms with Crippen LogP contribution in [0.3, 0.4) is 0 Å². The van der Waals surface area contributed by atoms with Crippen LogP contribution in [0.1, 0.15) is 50.1 Å². The van der Waals surface area contributed by atoms with Crippen molar-refractivity contribution in [1.82, 2.24) is 5.32 Å². The third kappa shape index (κ3) is 6.51. The number of nitrogens with one attached hydrogen (secondary N) is 2. The fraction of sp³-hybridized carbons (Fsp3) is 0.286. The molecule has 8 heteroatoms. The highest BCUT2D eigenvalue weighted by atomic mass is 32.2. The largest absolute Gasteiger partial charge is 0.496 e. The van der Waals surface area contributed by atoms with Gasteiger partial charge >= 0.3 is 0 Å². The molecule has 2 amide bonds. The Labute approximate surface area is 214 Å². The van der Waals surface area contributed by atoms with Crippen LogP contribution < -0.4 is 15.4 Å². The lowest BCUT2D eigenvalue weighted by Crippen LogP contribution is -2.27. The number of benzene rings is 3. The summed E-state index contributed by atoms with van der Waals surface area (Å²) in [5, 5.41) is 5.77. The molecule has 1 aliphatic carbocycles. The molecular weight excluding hydrogens is 476 g/mol. The highest BCUT2D eigenvalue weighted by molar-refractivity contribution is 7.91. The first-order chi connectivity index (χ1) is 17.2. The molecular formula is C28H34N2O5S. The average molecular weight is 511 g/mol. The van der Waals surface area contributed by atoms with Gasteiger partial charge < -0.3 is 15.4 Å². The summed E-state index contributed by atoms with van der Waals surface area (Å²) in [6.07, 6.45) is 2.07. The van der Waals surface area contributed by atoms with Gasteiger partial charge in [-0.1, -0.05) is 30.3 Å². The lowest BCUT2D eigenvalue weighted by atomic mass is 10.1. The Kier molecular flexibility index (Phi) is 7.74. The highest BCUT2D eigenvalue weighted by Crippen LogP contribution is 2.32. The Bertz CT molecular complexity index is 1340. The minimum atomic E-state index is -3.27. The summed E-state index contributed by atoms with van der Waals surface area (Å²) in [7, 11) is -1.68. The van der Waals surface area contributed by atoms with Crippen molar-refractivity contribution in [3.05, 3.63) is 89.5 Å². The van der Waals surface area contributed by atoms with E-state index in [1.807, 2.05) is 31.2 Å². The molecule has 0 saturated heterocycles. The van der Waals surface area contributed by atoms with Gasteiger partial charge in [0.05, 0.1) is 30.2 Å². The Morgan fingerprint density at radius 2 is 1.67 bits per heavy atom. The number of rotatable bonds is 10. The van der Waals surface area contributed by atoms with Crippen LogP contribution in [0.25, 0.3) is 0 Å². The molecule has 1 fully saturated rings.